The molecule has 3 unspecified atom stereocenters. The lowest BCUT2D eigenvalue weighted by atomic mass is 9.46. The van der Waals surface area contributed by atoms with E-state index in [2.05, 4.69) is 0 Å². The number of carboxylic acid groups (broad SMARTS) is 1. The molecule has 0 aromatic carbocycles. The van der Waals surface area contributed by atoms with Gasteiger partial charge in [0.1, 0.15) is 5.54 Å². The molecule has 1 aliphatic heterocycles. The van der Waals surface area contributed by atoms with Crippen LogP contribution in [0, 0.1) is 11.3 Å². The van der Waals surface area contributed by atoms with E-state index in [0.29, 0.717) is 13.0 Å². The summed E-state index contributed by atoms with van der Waals surface area (Å²) in [7, 11) is 1.70. The van der Waals surface area contributed by atoms with Crippen molar-refractivity contribution in [3.8, 4) is 0 Å². The molecule has 1 saturated carbocycles. The van der Waals surface area contributed by atoms with Crippen molar-refractivity contribution in [2.75, 3.05) is 20.2 Å². The number of nitrogens with zero attached hydrogens (tertiary/aromatic N) is 1. The summed E-state index contributed by atoms with van der Waals surface area (Å²) in [6.45, 7) is 5.13. The zero-order valence-corrected chi connectivity index (χ0v) is 13.1. The average molecular weight is 298 g/mol. The number of hydrogen-bond donors (Lipinski definition) is 2. The normalized spacial score (nSPS) is 33.7. The highest BCUT2D eigenvalue weighted by molar-refractivity contribution is 5.89. The fraction of sp³-hybridized carbons (Fsp3) is 0.867. The first-order chi connectivity index (χ1) is 9.73. The fourth-order valence-electron chi connectivity index (χ4n) is 3.89. The molecule has 0 bridgehead atoms. The van der Waals surface area contributed by atoms with Crippen molar-refractivity contribution in [2.45, 2.75) is 51.2 Å². The smallest absolute Gasteiger partial charge is 0.303 e. The van der Waals surface area contributed by atoms with E-state index in [9.17, 15) is 9.59 Å². The molecule has 120 valence electrons. The number of carboxylic acids is 1. The van der Waals surface area contributed by atoms with Crippen molar-refractivity contribution in [1.29, 1.82) is 0 Å². The molecule has 0 aromatic rings. The summed E-state index contributed by atoms with van der Waals surface area (Å²) >= 11 is 0. The second-order valence-corrected chi connectivity index (χ2v) is 6.85. The van der Waals surface area contributed by atoms with Gasteiger partial charge in [0, 0.05) is 38.0 Å². The Morgan fingerprint density at radius 2 is 2.10 bits per heavy atom. The summed E-state index contributed by atoms with van der Waals surface area (Å²) in [5.74, 6) is -0.872. The molecule has 0 spiro atoms. The Hall–Kier alpha value is -1.14. The molecule has 1 aliphatic carbocycles. The standard InChI is InChI=1S/C15H26N2O4/c1-14(2)12-10(6-5-9-21-12)15(14,16)13(20)17(3)8-4-7-11(18)19/h10,12H,4-9,16H2,1-3H3,(H,18,19). The number of hydrogen-bond acceptors (Lipinski definition) is 4. The Morgan fingerprint density at radius 3 is 2.71 bits per heavy atom. The van der Waals surface area contributed by atoms with Gasteiger partial charge in [-0.3, -0.25) is 9.59 Å². The van der Waals surface area contributed by atoms with Crippen molar-refractivity contribution < 1.29 is 19.4 Å². The number of ether oxygens (including phenoxy) is 1. The molecule has 0 radical (unpaired) electrons. The number of amides is 1. The maximum Gasteiger partial charge on any atom is 0.303 e. The minimum atomic E-state index is -0.907. The van der Waals surface area contributed by atoms with Gasteiger partial charge in [0.05, 0.1) is 6.10 Å². The van der Waals surface area contributed by atoms with Crippen LogP contribution in [0.5, 0.6) is 0 Å². The molecule has 2 aliphatic rings. The summed E-state index contributed by atoms with van der Waals surface area (Å²) in [6, 6.07) is 0. The van der Waals surface area contributed by atoms with E-state index in [4.69, 9.17) is 15.6 Å². The Balaban J connectivity index is 2.04. The van der Waals surface area contributed by atoms with Crippen LogP contribution in [0.3, 0.4) is 0 Å². The molecule has 0 aromatic heterocycles. The van der Waals surface area contributed by atoms with Crippen LogP contribution >= 0.6 is 0 Å². The van der Waals surface area contributed by atoms with Gasteiger partial charge >= 0.3 is 5.97 Å². The van der Waals surface area contributed by atoms with Crippen LogP contribution in [0.4, 0.5) is 0 Å². The summed E-state index contributed by atoms with van der Waals surface area (Å²) in [4.78, 5) is 24.9. The molecule has 2 fully saturated rings. The van der Waals surface area contributed by atoms with E-state index in [1.807, 2.05) is 13.8 Å². The average Bonchev–Trinajstić information content (AvgIpc) is 2.45. The third kappa shape index (κ3) is 2.44. The predicted molar refractivity (Wildman–Crippen MR) is 77.7 cm³/mol. The topological polar surface area (TPSA) is 92.9 Å². The lowest BCUT2D eigenvalue weighted by Crippen LogP contribution is -2.82. The highest BCUT2D eigenvalue weighted by Crippen LogP contribution is 2.57. The lowest BCUT2D eigenvalue weighted by Gasteiger charge is -2.65. The number of nitrogens with two attached hydrogens (primary N) is 1. The van der Waals surface area contributed by atoms with Crippen LogP contribution in [0.1, 0.15) is 39.5 Å². The zero-order chi connectivity index (χ0) is 15.8. The van der Waals surface area contributed by atoms with Crippen LogP contribution in [-0.2, 0) is 14.3 Å². The summed E-state index contributed by atoms with van der Waals surface area (Å²) in [5.41, 5.74) is 5.22. The Labute approximate surface area is 125 Å². The number of rotatable bonds is 5. The number of likely N-dealkylation sites (N-methyl/N-ethyl adjacent to an activating group) is 1. The highest BCUT2D eigenvalue weighted by Gasteiger charge is 2.70. The second kappa shape index (κ2) is 5.57. The maximum absolute atomic E-state index is 12.8. The minimum Gasteiger partial charge on any atom is -0.481 e. The highest BCUT2D eigenvalue weighted by atomic mass is 16.5. The monoisotopic (exact) mass is 298 g/mol. The Bertz CT molecular complexity index is 437. The molecule has 2 rings (SSSR count). The van der Waals surface area contributed by atoms with Gasteiger partial charge < -0.3 is 20.5 Å². The lowest BCUT2D eigenvalue weighted by molar-refractivity contribution is -0.229. The van der Waals surface area contributed by atoms with Crippen LogP contribution in [-0.4, -0.2) is 53.7 Å². The molecular weight excluding hydrogens is 272 g/mol. The summed E-state index contributed by atoms with van der Waals surface area (Å²) in [5, 5.41) is 8.67. The fourth-order valence-corrected chi connectivity index (χ4v) is 3.89. The van der Waals surface area contributed by atoms with E-state index in [1.165, 1.54) is 0 Å². The third-order valence-electron chi connectivity index (χ3n) is 5.27. The number of carbonyl (C=O) groups is 2. The molecule has 6 heteroatoms. The molecule has 3 N–H and O–H groups in total. The predicted octanol–water partition coefficient (Wildman–Crippen LogP) is 0.842. The van der Waals surface area contributed by atoms with Crippen molar-refractivity contribution in [3.63, 3.8) is 0 Å². The summed E-state index contributed by atoms with van der Waals surface area (Å²) in [6.07, 6.45) is 2.41. The first-order valence-electron chi connectivity index (χ1n) is 7.60. The van der Waals surface area contributed by atoms with Gasteiger partial charge in [-0.1, -0.05) is 13.8 Å². The minimum absolute atomic E-state index is 0.0487. The Morgan fingerprint density at radius 1 is 1.43 bits per heavy atom. The summed E-state index contributed by atoms with van der Waals surface area (Å²) < 4.78 is 5.80. The van der Waals surface area contributed by atoms with E-state index < -0.39 is 16.9 Å². The van der Waals surface area contributed by atoms with Crippen molar-refractivity contribution in [1.82, 2.24) is 4.90 Å². The van der Waals surface area contributed by atoms with E-state index in [-0.39, 0.29) is 24.3 Å². The molecule has 21 heavy (non-hydrogen) atoms. The van der Waals surface area contributed by atoms with E-state index in [1.54, 1.807) is 11.9 Å². The molecule has 6 nitrogen and oxygen atoms in total. The number of carbonyl (C=O) groups excluding carboxylic acids is 1. The van der Waals surface area contributed by atoms with Crippen LogP contribution in [0.25, 0.3) is 0 Å². The van der Waals surface area contributed by atoms with Crippen molar-refractivity contribution >= 4 is 11.9 Å². The molecule has 1 heterocycles. The van der Waals surface area contributed by atoms with Crippen LogP contribution < -0.4 is 5.73 Å². The van der Waals surface area contributed by atoms with Gasteiger partial charge in [0.15, 0.2) is 0 Å². The van der Waals surface area contributed by atoms with E-state index in [0.717, 1.165) is 19.4 Å². The van der Waals surface area contributed by atoms with Gasteiger partial charge in [-0.15, -0.1) is 0 Å². The SMILES string of the molecule is CN(CCCC(=O)O)C(=O)C1(N)C2CCCOC2C1(C)C. The second-order valence-electron chi connectivity index (χ2n) is 6.85. The molecule has 1 saturated heterocycles. The first kappa shape index (κ1) is 16.2. The van der Waals surface area contributed by atoms with Gasteiger partial charge in [0.25, 0.3) is 0 Å². The largest absolute Gasteiger partial charge is 0.481 e. The van der Waals surface area contributed by atoms with Gasteiger partial charge in [-0.05, 0) is 19.3 Å². The molecule has 1 amide bonds. The third-order valence-corrected chi connectivity index (χ3v) is 5.27. The quantitative estimate of drug-likeness (QED) is 0.784. The Kier molecular flexibility index (Phi) is 4.31. The molecular formula is C15H26N2O4. The number of fused-ring (bicyclic) bond motifs is 1. The van der Waals surface area contributed by atoms with Crippen molar-refractivity contribution in [3.05, 3.63) is 0 Å². The maximum atomic E-state index is 12.8. The van der Waals surface area contributed by atoms with Crippen LogP contribution in [0.15, 0.2) is 0 Å². The first-order valence-corrected chi connectivity index (χ1v) is 7.60. The van der Waals surface area contributed by atoms with Crippen LogP contribution in [0.2, 0.25) is 0 Å². The van der Waals surface area contributed by atoms with E-state index >= 15 is 0 Å². The van der Waals surface area contributed by atoms with Gasteiger partial charge in [-0.25, -0.2) is 0 Å². The zero-order valence-electron chi connectivity index (χ0n) is 13.1. The number of aliphatic carboxylic acids is 1. The van der Waals surface area contributed by atoms with Gasteiger partial charge in [-0.2, -0.15) is 0 Å². The van der Waals surface area contributed by atoms with Gasteiger partial charge in [0.2, 0.25) is 5.91 Å². The van der Waals surface area contributed by atoms with Crippen molar-refractivity contribution in [2.24, 2.45) is 17.1 Å². The molecule has 3 atom stereocenters.